The van der Waals surface area contributed by atoms with Gasteiger partial charge in [-0.3, -0.25) is 0 Å². The van der Waals surface area contributed by atoms with Gasteiger partial charge in [0.05, 0.1) is 12.2 Å². The van der Waals surface area contributed by atoms with Crippen molar-refractivity contribution in [3.63, 3.8) is 0 Å². The standard InChI is InChI=1S/C15H17BrFN3/c1-10-18-7-14(8-19-13-4-5-13)20(10)9-11-2-3-12(17)6-15(11)16/h2-3,6-7,13,19H,4-5,8-9H2,1H3. The Labute approximate surface area is 126 Å². The van der Waals surface area contributed by atoms with Crippen LogP contribution in [0.3, 0.4) is 0 Å². The molecular formula is C15H17BrFN3. The van der Waals surface area contributed by atoms with Crippen LogP contribution in [-0.4, -0.2) is 15.6 Å². The summed E-state index contributed by atoms with van der Waals surface area (Å²) >= 11 is 3.42. The van der Waals surface area contributed by atoms with E-state index in [0.29, 0.717) is 12.6 Å². The van der Waals surface area contributed by atoms with E-state index < -0.39 is 0 Å². The molecular weight excluding hydrogens is 321 g/mol. The number of imidazole rings is 1. The number of aromatic nitrogens is 2. The predicted octanol–water partition coefficient (Wildman–Crippen LogP) is 3.39. The minimum absolute atomic E-state index is 0.224. The van der Waals surface area contributed by atoms with Crippen molar-refractivity contribution < 1.29 is 4.39 Å². The third-order valence-electron chi connectivity index (χ3n) is 3.63. The third kappa shape index (κ3) is 3.10. The molecule has 2 aromatic rings. The molecule has 1 heterocycles. The van der Waals surface area contributed by atoms with Gasteiger partial charge in [-0.1, -0.05) is 22.0 Å². The molecule has 0 spiro atoms. The summed E-state index contributed by atoms with van der Waals surface area (Å²) in [5.41, 5.74) is 2.23. The van der Waals surface area contributed by atoms with Crippen molar-refractivity contribution in [2.75, 3.05) is 0 Å². The zero-order chi connectivity index (χ0) is 14.1. The third-order valence-corrected chi connectivity index (χ3v) is 4.37. The largest absolute Gasteiger partial charge is 0.327 e. The normalized spacial score (nSPS) is 14.8. The number of halogens is 2. The number of nitrogens with one attached hydrogen (secondary N) is 1. The first-order chi connectivity index (χ1) is 9.63. The molecule has 0 bridgehead atoms. The van der Waals surface area contributed by atoms with E-state index in [0.717, 1.165) is 22.4 Å². The maximum absolute atomic E-state index is 13.1. The predicted molar refractivity (Wildman–Crippen MR) is 80.0 cm³/mol. The van der Waals surface area contributed by atoms with Gasteiger partial charge in [-0.2, -0.15) is 0 Å². The fraction of sp³-hybridized carbons (Fsp3) is 0.400. The minimum Gasteiger partial charge on any atom is -0.327 e. The maximum Gasteiger partial charge on any atom is 0.124 e. The highest BCUT2D eigenvalue weighted by Crippen LogP contribution is 2.22. The molecule has 1 aromatic heterocycles. The van der Waals surface area contributed by atoms with Gasteiger partial charge in [0, 0.05) is 23.3 Å². The van der Waals surface area contributed by atoms with Crippen molar-refractivity contribution in [2.24, 2.45) is 0 Å². The Balaban J connectivity index is 1.79. The van der Waals surface area contributed by atoms with E-state index in [1.54, 1.807) is 0 Å². The highest BCUT2D eigenvalue weighted by molar-refractivity contribution is 9.10. The van der Waals surface area contributed by atoms with E-state index in [1.807, 2.05) is 19.2 Å². The van der Waals surface area contributed by atoms with Crippen LogP contribution in [0.15, 0.2) is 28.9 Å². The summed E-state index contributed by atoms with van der Waals surface area (Å²) in [4.78, 5) is 4.39. The molecule has 1 aliphatic carbocycles. The van der Waals surface area contributed by atoms with Crippen molar-refractivity contribution in [3.8, 4) is 0 Å². The average Bonchev–Trinajstić information content (AvgIpc) is 3.17. The highest BCUT2D eigenvalue weighted by Gasteiger charge is 2.21. The Morgan fingerprint density at radius 2 is 2.25 bits per heavy atom. The Morgan fingerprint density at radius 3 is 2.95 bits per heavy atom. The van der Waals surface area contributed by atoms with Gasteiger partial charge < -0.3 is 9.88 Å². The van der Waals surface area contributed by atoms with E-state index in [1.165, 1.54) is 30.7 Å². The van der Waals surface area contributed by atoms with Crippen LogP contribution < -0.4 is 5.32 Å². The van der Waals surface area contributed by atoms with Crippen LogP contribution in [0.5, 0.6) is 0 Å². The quantitative estimate of drug-likeness (QED) is 0.906. The van der Waals surface area contributed by atoms with Crippen LogP contribution in [0.25, 0.3) is 0 Å². The lowest BCUT2D eigenvalue weighted by molar-refractivity contribution is 0.617. The lowest BCUT2D eigenvalue weighted by atomic mass is 10.2. The lowest BCUT2D eigenvalue weighted by Gasteiger charge is -2.12. The molecule has 3 rings (SSSR count). The molecule has 20 heavy (non-hydrogen) atoms. The van der Waals surface area contributed by atoms with Crippen LogP contribution in [0.2, 0.25) is 0 Å². The number of nitrogens with zero attached hydrogens (tertiary/aromatic N) is 2. The smallest absolute Gasteiger partial charge is 0.124 e. The second kappa shape index (κ2) is 5.66. The van der Waals surface area contributed by atoms with Gasteiger partial charge in [-0.15, -0.1) is 0 Å². The molecule has 0 aliphatic heterocycles. The molecule has 1 aliphatic rings. The number of benzene rings is 1. The molecule has 1 aromatic carbocycles. The first-order valence-corrected chi connectivity index (χ1v) is 7.61. The van der Waals surface area contributed by atoms with E-state index in [9.17, 15) is 4.39 Å². The summed E-state index contributed by atoms with van der Waals surface area (Å²) in [5, 5.41) is 3.50. The molecule has 0 amide bonds. The van der Waals surface area contributed by atoms with Gasteiger partial charge in [-0.05, 0) is 37.5 Å². The molecule has 3 nitrogen and oxygen atoms in total. The first kappa shape index (κ1) is 13.8. The summed E-state index contributed by atoms with van der Waals surface area (Å²) < 4.78 is 16.1. The molecule has 1 N–H and O–H groups in total. The first-order valence-electron chi connectivity index (χ1n) is 6.82. The summed E-state index contributed by atoms with van der Waals surface area (Å²) in [7, 11) is 0. The Bertz CT molecular complexity index is 620. The van der Waals surface area contributed by atoms with Crippen molar-refractivity contribution >= 4 is 15.9 Å². The Hall–Kier alpha value is -1.20. The van der Waals surface area contributed by atoms with Crippen molar-refractivity contribution in [3.05, 3.63) is 51.8 Å². The van der Waals surface area contributed by atoms with Crippen LogP contribution >= 0.6 is 15.9 Å². The second-order valence-electron chi connectivity index (χ2n) is 5.27. The van der Waals surface area contributed by atoms with Gasteiger partial charge in [0.25, 0.3) is 0 Å². The number of aryl methyl sites for hydroxylation is 1. The monoisotopic (exact) mass is 337 g/mol. The zero-order valence-corrected chi connectivity index (χ0v) is 13.0. The fourth-order valence-electron chi connectivity index (χ4n) is 2.23. The molecule has 1 fully saturated rings. The fourth-order valence-corrected chi connectivity index (χ4v) is 2.71. The van der Waals surface area contributed by atoms with Gasteiger partial charge in [0.1, 0.15) is 11.6 Å². The number of rotatable bonds is 5. The molecule has 0 unspecified atom stereocenters. The minimum atomic E-state index is -0.224. The Morgan fingerprint density at radius 1 is 1.45 bits per heavy atom. The molecule has 0 saturated heterocycles. The van der Waals surface area contributed by atoms with Gasteiger partial charge >= 0.3 is 0 Å². The summed E-state index contributed by atoms with van der Waals surface area (Å²) in [6.07, 6.45) is 4.47. The molecule has 1 saturated carbocycles. The van der Waals surface area contributed by atoms with Crippen LogP contribution in [0.4, 0.5) is 4.39 Å². The Kier molecular flexibility index (Phi) is 3.89. The van der Waals surface area contributed by atoms with Crippen LogP contribution in [0.1, 0.15) is 29.9 Å². The van der Waals surface area contributed by atoms with Crippen LogP contribution in [0, 0.1) is 12.7 Å². The van der Waals surface area contributed by atoms with E-state index in [2.05, 4.69) is 30.8 Å². The molecule has 5 heteroatoms. The molecule has 0 atom stereocenters. The second-order valence-corrected chi connectivity index (χ2v) is 6.13. The van der Waals surface area contributed by atoms with E-state index >= 15 is 0 Å². The topological polar surface area (TPSA) is 29.9 Å². The SMILES string of the molecule is Cc1ncc(CNC2CC2)n1Cc1ccc(F)cc1Br. The number of hydrogen-bond acceptors (Lipinski definition) is 2. The van der Waals surface area contributed by atoms with Gasteiger partial charge in [0.2, 0.25) is 0 Å². The van der Waals surface area contributed by atoms with Crippen molar-refractivity contribution in [1.29, 1.82) is 0 Å². The number of hydrogen-bond donors (Lipinski definition) is 1. The summed E-state index contributed by atoms with van der Waals surface area (Å²) in [6, 6.07) is 5.49. The average molecular weight is 338 g/mol. The lowest BCUT2D eigenvalue weighted by Crippen LogP contribution is -2.19. The van der Waals surface area contributed by atoms with Crippen molar-refractivity contribution in [2.45, 2.75) is 38.9 Å². The van der Waals surface area contributed by atoms with Crippen LogP contribution in [-0.2, 0) is 13.1 Å². The zero-order valence-electron chi connectivity index (χ0n) is 11.4. The van der Waals surface area contributed by atoms with Crippen molar-refractivity contribution in [1.82, 2.24) is 14.9 Å². The highest BCUT2D eigenvalue weighted by atomic mass is 79.9. The van der Waals surface area contributed by atoms with Gasteiger partial charge in [-0.25, -0.2) is 9.37 Å². The van der Waals surface area contributed by atoms with Gasteiger partial charge in [0.15, 0.2) is 0 Å². The summed E-state index contributed by atoms with van der Waals surface area (Å²) in [5.74, 6) is 0.757. The molecule has 106 valence electrons. The summed E-state index contributed by atoms with van der Waals surface area (Å²) in [6.45, 7) is 3.54. The molecule has 0 radical (unpaired) electrons. The maximum atomic E-state index is 13.1. The van der Waals surface area contributed by atoms with E-state index in [4.69, 9.17) is 0 Å². The van der Waals surface area contributed by atoms with E-state index in [-0.39, 0.29) is 5.82 Å².